The summed E-state index contributed by atoms with van der Waals surface area (Å²) in [6.45, 7) is 1.30. The first-order valence-corrected chi connectivity index (χ1v) is 8.72. The van der Waals surface area contributed by atoms with Crippen molar-refractivity contribution < 1.29 is 23.9 Å². The predicted octanol–water partition coefficient (Wildman–Crippen LogP) is 2.42. The van der Waals surface area contributed by atoms with Crippen LogP contribution in [0.4, 0.5) is 4.79 Å². The van der Waals surface area contributed by atoms with Crippen molar-refractivity contribution in [2.45, 2.75) is 12.5 Å². The summed E-state index contributed by atoms with van der Waals surface area (Å²) in [7, 11) is 3.00. The van der Waals surface area contributed by atoms with E-state index in [1.165, 1.54) is 25.6 Å². The maximum absolute atomic E-state index is 12.9. The number of urea groups is 1. The van der Waals surface area contributed by atoms with Gasteiger partial charge in [-0.3, -0.25) is 14.5 Å². The fraction of sp³-hybridized carbons (Fsp3) is 0.278. The molecule has 1 saturated heterocycles. The van der Waals surface area contributed by atoms with Gasteiger partial charge in [0.05, 0.1) is 25.6 Å². The smallest absolute Gasteiger partial charge is 0.325 e. The zero-order valence-corrected chi connectivity index (χ0v) is 15.4. The van der Waals surface area contributed by atoms with Crippen LogP contribution in [0.2, 0.25) is 0 Å². The molecular formula is C18H18N2O5S. The van der Waals surface area contributed by atoms with Crippen LogP contribution in [0.1, 0.15) is 22.2 Å². The van der Waals surface area contributed by atoms with Crippen molar-refractivity contribution in [1.82, 2.24) is 10.2 Å². The average molecular weight is 374 g/mol. The lowest BCUT2D eigenvalue weighted by Gasteiger charge is -2.23. The minimum Gasteiger partial charge on any atom is -0.493 e. The molecule has 2 heterocycles. The number of rotatable bonds is 6. The molecule has 1 aromatic heterocycles. The van der Waals surface area contributed by atoms with Gasteiger partial charge in [0.25, 0.3) is 5.91 Å². The van der Waals surface area contributed by atoms with Gasteiger partial charge in [-0.1, -0.05) is 12.1 Å². The van der Waals surface area contributed by atoms with Gasteiger partial charge < -0.3 is 14.8 Å². The second-order valence-corrected chi connectivity index (χ2v) is 6.86. The van der Waals surface area contributed by atoms with Gasteiger partial charge in [0, 0.05) is 0 Å². The van der Waals surface area contributed by atoms with Crippen LogP contribution >= 0.6 is 11.3 Å². The number of methoxy groups -OCH3 is 2. The monoisotopic (exact) mass is 374 g/mol. The van der Waals surface area contributed by atoms with Crippen molar-refractivity contribution in [2.24, 2.45) is 0 Å². The van der Waals surface area contributed by atoms with Crippen LogP contribution < -0.4 is 14.8 Å². The lowest BCUT2D eigenvalue weighted by Crippen LogP contribution is -2.41. The Morgan fingerprint density at radius 1 is 1.19 bits per heavy atom. The largest absolute Gasteiger partial charge is 0.493 e. The summed E-state index contributed by atoms with van der Waals surface area (Å²) in [6.07, 6.45) is 0. The number of hydrogen-bond donors (Lipinski definition) is 1. The lowest BCUT2D eigenvalue weighted by atomic mass is 9.91. The fourth-order valence-electron chi connectivity index (χ4n) is 2.84. The minimum atomic E-state index is -1.29. The number of hydrogen-bond acceptors (Lipinski definition) is 6. The third-order valence-corrected chi connectivity index (χ3v) is 5.24. The number of carbonyl (C=O) groups is 3. The first-order valence-electron chi connectivity index (χ1n) is 7.84. The molecule has 0 bridgehead atoms. The number of ketones is 1. The highest BCUT2D eigenvalue weighted by molar-refractivity contribution is 7.12. The molecule has 0 spiro atoms. The van der Waals surface area contributed by atoms with Crippen LogP contribution in [0.15, 0.2) is 35.7 Å². The Morgan fingerprint density at radius 2 is 1.92 bits per heavy atom. The molecule has 0 unspecified atom stereocenters. The Hall–Kier alpha value is -2.87. The predicted molar refractivity (Wildman–Crippen MR) is 95.8 cm³/mol. The van der Waals surface area contributed by atoms with E-state index in [-0.39, 0.29) is 12.3 Å². The van der Waals surface area contributed by atoms with E-state index in [4.69, 9.17) is 9.47 Å². The van der Waals surface area contributed by atoms with Gasteiger partial charge in [-0.25, -0.2) is 4.79 Å². The number of imide groups is 1. The highest BCUT2D eigenvalue weighted by atomic mass is 32.1. The number of amides is 3. The van der Waals surface area contributed by atoms with E-state index in [0.717, 1.165) is 4.90 Å². The number of thiophene rings is 1. The summed E-state index contributed by atoms with van der Waals surface area (Å²) in [6, 6.07) is 7.80. The van der Waals surface area contributed by atoms with E-state index in [2.05, 4.69) is 5.32 Å². The number of nitrogens with zero attached hydrogens (tertiary/aromatic N) is 1. The van der Waals surface area contributed by atoms with Crippen molar-refractivity contribution in [3.63, 3.8) is 0 Å². The van der Waals surface area contributed by atoms with Gasteiger partial charge in [-0.2, -0.15) is 0 Å². The van der Waals surface area contributed by atoms with Crippen molar-refractivity contribution in [2.75, 3.05) is 20.8 Å². The molecule has 2 aromatic rings. The molecule has 1 fully saturated rings. The van der Waals surface area contributed by atoms with Gasteiger partial charge in [-0.15, -0.1) is 11.3 Å². The Labute approximate surface area is 154 Å². The maximum atomic E-state index is 12.9. The van der Waals surface area contributed by atoms with Crippen LogP contribution in [0.25, 0.3) is 0 Å². The third kappa shape index (κ3) is 2.92. The van der Waals surface area contributed by atoms with E-state index in [1.54, 1.807) is 42.6 Å². The van der Waals surface area contributed by atoms with Crippen LogP contribution in [-0.4, -0.2) is 43.4 Å². The summed E-state index contributed by atoms with van der Waals surface area (Å²) in [4.78, 5) is 39.0. The fourth-order valence-corrected chi connectivity index (χ4v) is 3.50. The van der Waals surface area contributed by atoms with Crippen molar-refractivity contribution in [1.29, 1.82) is 0 Å². The molecule has 0 saturated carbocycles. The topological polar surface area (TPSA) is 84.9 Å². The molecule has 26 heavy (non-hydrogen) atoms. The molecule has 3 amide bonds. The lowest BCUT2D eigenvalue weighted by molar-refractivity contribution is -0.130. The zero-order chi connectivity index (χ0) is 18.9. The zero-order valence-electron chi connectivity index (χ0n) is 14.6. The molecule has 1 aliphatic rings. The molecule has 0 radical (unpaired) electrons. The van der Waals surface area contributed by atoms with E-state index >= 15 is 0 Å². The van der Waals surface area contributed by atoms with Crippen LogP contribution in [0.3, 0.4) is 0 Å². The Bertz CT molecular complexity index is 864. The highest BCUT2D eigenvalue weighted by Gasteiger charge is 2.49. The summed E-state index contributed by atoms with van der Waals surface area (Å²) >= 11 is 1.27. The highest BCUT2D eigenvalue weighted by Crippen LogP contribution is 2.35. The molecule has 0 aliphatic carbocycles. The van der Waals surface area contributed by atoms with Gasteiger partial charge in [-0.05, 0) is 36.1 Å². The van der Waals surface area contributed by atoms with Crippen molar-refractivity contribution >= 4 is 29.1 Å². The summed E-state index contributed by atoms with van der Waals surface area (Å²) in [5.74, 6) is 0.197. The maximum Gasteiger partial charge on any atom is 0.325 e. The van der Waals surface area contributed by atoms with E-state index in [0.29, 0.717) is 21.9 Å². The number of Topliss-reactive ketones (excluding diaryl/α,β-unsaturated/α-hetero) is 1. The molecule has 7 nitrogen and oxygen atoms in total. The van der Waals surface area contributed by atoms with Gasteiger partial charge in [0.2, 0.25) is 0 Å². The third-order valence-electron chi connectivity index (χ3n) is 4.33. The molecule has 1 aromatic carbocycles. The standard InChI is InChI=1S/C18H18N2O5S/c1-18(11-6-7-13(24-2)14(9-11)25-3)16(22)20(17(23)19-18)10-12(21)15-5-4-8-26-15/h4-9H,10H2,1-3H3,(H,19,23)/t18-/m0/s1. The molecule has 1 aliphatic heterocycles. The second kappa shape index (κ2) is 6.80. The van der Waals surface area contributed by atoms with Gasteiger partial charge in [0.1, 0.15) is 5.54 Å². The molecule has 1 atom stereocenters. The Kier molecular flexibility index (Phi) is 4.69. The average Bonchev–Trinajstić information content (AvgIpc) is 3.25. The molecule has 3 rings (SSSR count). The first kappa shape index (κ1) is 17.9. The van der Waals surface area contributed by atoms with Crippen molar-refractivity contribution in [3.05, 3.63) is 46.2 Å². The SMILES string of the molecule is COc1ccc([C@]2(C)NC(=O)N(CC(=O)c3cccs3)C2=O)cc1OC. The number of ether oxygens (including phenoxy) is 2. The number of nitrogens with one attached hydrogen (secondary N) is 1. The molecular weight excluding hydrogens is 356 g/mol. The normalized spacial score (nSPS) is 19.4. The number of carbonyl (C=O) groups excluding carboxylic acids is 3. The molecule has 136 valence electrons. The van der Waals surface area contributed by atoms with Gasteiger partial charge >= 0.3 is 6.03 Å². The number of benzene rings is 1. The van der Waals surface area contributed by atoms with Crippen LogP contribution in [0, 0.1) is 0 Å². The van der Waals surface area contributed by atoms with E-state index in [1.807, 2.05) is 0 Å². The molecule has 1 N–H and O–H groups in total. The Balaban J connectivity index is 1.88. The van der Waals surface area contributed by atoms with Gasteiger partial charge in [0.15, 0.2) is 17.3 Å². The summed E-state index contributed by atoms with van der Waals surface area (Å²) < 4.78 is 10.5. The van der Waals surface area contributed by atoms with E-state index < -0.39 is 17.5 Å². The minimum absolute atomic E-state index is 0.278. The Morgan fingerprint density at radius 3 is 2.54 bits per heavy atom. The van der Waals surface area contributed by atoms with E-state index in [9.17, 15) is 14.4 Å². The quantitative estimate of drug-likeness (QED) is 0.620. The van der Waals surface area contributed by atoms with Crippen LogP contribution in [0.5, 0.6) is 11.5 Å². The van der Waals surface area contributed by atoms with Crippen LogP contribution in [-0.2, 0) is 10.3 Å². The first-order chi connectivity index (χ1) is 12.4. The summed E-state index contributed by atoms with van der Waals surface area (Å²) in [5.41, 5.74) is -0.744. The molecule has 8 heteroatoms. The van der Waals surface area contributed by atoms with Crippen molar-refractivity contribution in [3.8, 4) is 11.5 Å². The summed E-state index contributed by atoms with van der Waals surface area (Å²) in [5, 5.41) is 4.45. The second-order valence-electron chi connectivity index (χ2n) is 5.92.